The molecular formula is C7H11NO3. The Morgan fingerprint density at radius 3 is 2.82 bits per heavy atom. The second-order valence-electron chi connectivity index (χ2n) is 2.51. The van der Waals surface area contributed by atoms with Crippen LogP contribution in [0.5, 0.6) is 0 Å². The van der Waals surface area contributed by atoms with Crippen LogP contribution in [-0.4, -0.2) is 36.4 Å². The van der Waals surface area contributed by atoms with E-state index in [2.05, 4.69) is 5.32 Å². The number of hydrogen-bond acceptors (Lipinski definition) is 3. The summed E-state index contributed by atoms with van der Waals surface area (Å²) in [6, 6.07) is 0. The zero-order valence-corrected chi connectivity index (χ0v) is 6.28. The molecule has 0 aliphatic carbocycles. The summed E-state index contributed by atoms with van der Waals surface area (Å²) in [7, 11) is 1.49. The monoisotopic (exact) mass is 157 g/mol. The molecule has 2 radical (unpaired) electrons. The fourth-order valence-electron chi connectivity index (χ4n) is 1.07. The zero-order chi connectivity index (χ0) is 8.43. The van der Waals surface area contributed by atoms with E-state index in [0.29, 0.717) is 6.42 Å². The second-order valence-corrected chi connectivity index (χ2v) is 2.51. The van der Waals surface area contributed by atoms with E-state index in [4.69, 9.17) is 11.7 Å². The molecule has 1 saturated heterocycles. The Kier molecular flexibility index (Phi) is 2.46. The van der Waals surface area contributed by atoms with Crippen molar-refractivity contribution in [3.05, 3.63) is 6.92 Å². The summed E-state index contributed by atoms with van der Waals surface area (Å²) in [4.78, 5) is 10.9. The van der Waals surface area contributed by atoms with Gasteiger partial charge in [0.25, 0.3) is 5.91 Å². The molecule has 1 heterocycles. The predicted octanol–water partition coefficient (Wildman–Crippen LogP) is -1.04. The van der Waals surface area contributed by atoms with Crippen molar-refractivity contribution >= 4 is 5.91 Å². The Morgan fingerprint density at radius 1 is 1.82 bits per heavy atom. The molecule has 1 rings (SSSR count). The number of carbonyl (C=O) groups excluding carboxylic acids is 1. The van der Waals surface area contributed by atoms with E-state index in [1.807, 2.05) is 0 Å². The Morgan fingerprint density at radius 2 is 2.45 bits per heavy atom. The Labute approximate surface area is 65.5 Å². The van der Waals surface area contributed by atoms with Crippen LogP contribution in [0, 0.1) is 6.92 Å². The number of aliphatic hydroxyl groups is 1. The number of amides is 1. The van der Waals surface area contributed by atoms with Gasteiger partial charge in [0, 0.05) is 13.5 Å². The molecule has 4 heteroatoms. The highest BCUT2D eigenvalue weighted by molar-refractivity contribution is 5.81. The molecule has 11 heavy (non-hydrogen) atoms. The summed E-state index contributed by atoms with van der Waals surface area (Å²) >= 11 is 0. The van der Waals surface area contributed by atoms with Crippen LogP contribution in [-0.2, 0) is 9.53 Å². The van der Waals surface area contributed by atoms with Crippen molar-refractivity contribution in [1.82, 2.24) is 5.32 Å². The van der Waals surface area contributed by atoms with E-state index in [9.17, 15) is 9.90 Å². The molecule has 62 valence electrons. The lowest BCUT2D eigenvalue weighted by molar-refractivity contribution is -0.134. The van der Waals surface area contributed by atoms with Gasteiger partial charge < -0.3 is 15.2 Å². The Hall–Kier alpha value is -0.610. The van der Waals surface area contributed by atoms with Gasteiger partial charge in [-0.2, -0.15) is 0 Å². The summed E-state index contributed by atoms with van der Waals surface area (Å²) in [5, 5.41) is 11.6. The van der Waals surface area contributed by atoms with Crippen molar-refractivity contribution in [3.8, 4) is 0 Å². The van der Waals surface area contributed by atoms with Crippen LogP contribution in [0.3, 0.4) is 0 Å². The highest BCUT2D eigenvalue weighted by Gasteiger charge is 2.36. The molecular weight excluding hydrogens is 146 g/mol. The average Bonchev–Trinajstić information content (AvgIpc) is 2.28. The first-order valence-corrected chi connectivity index (χ1v) is 3.46. The summed E-state index contributed by atoms with van der Waals surface area (Å²) in [5.74, 6) is -0.328. The molecule has 1 fully saturated rings. The summed E-state index contributed by atoms with van der Waals surface area (Å²) < 4.78 is 4.94. The largest absolute Gasteiger partial charge is 0.390 e. The van der Waals surface area contributed by atoms with E-state index < -0.39 is 18.3 Å². The molecule has 0 bridgehead atoms. The van der Waals surface area contributed by atoms with E-state index in [1.54, 1.807) is 0 Å². The minimum Gasteiger partial charge on any atom is -0.390 e. The number of nitrogens with one attached hydrogen (secondary N) is 1. The van der Waals surface area contributed by atoms with Crippen molar-refractivity contribution in [2.45, 2.75) is 24.7 Å². The number of hydrogen-bond donors (Lipinski definition) is 2. The highest BCUT2D eigenvalue weighted by atomic mass is 16.5. The van der Waals surface area contributed by atoms with Crippen LogP contribution in [0.25, 0.3) is 0 Å². The van der Waals surface area contributed by atoms with Crippen LogP contribution in [0.2, 0.25) is 0 Å². The number of carbonyl (C=O) groups is 1. The van der Waals surface area contributed by atoms with Gasteiger partial charge in [-0.3, -0.25) is 4.79 Å². The van der Waals surface area contributed by atoms with E-state index in [1.165, 1.54) is 7.05 Å². The van der Waals surface area contributed by atoms with Gasteiger partial charge >= 0.3 is 0 Å². The van der Waals surface area contributed by atoms with Gasteiger partial charge in [0.05, 0.1) is 12.2 Å². The summed E-state index contributed by atoms with van der Waals surface area (Å²) in [6.45, 7) is 5.35. The molecule has 3 atom stereocenters. The molecule has 1 aliphatic rings. The van der Waals surface area contributed by atoms with E-state index >= 15 is 0 Å². The Bertz CT molecular complexity index is 160. The third-order valence-electron chi connectivity index (χ3n) is 1.65. The molecule has 0 aromatic rings. The van der Waals surface area contributed by atoms with Gasteiger partial charge in [0.2, 0.25) is 0 Å². The van der Waals surface area contributed by atoms with Crippen LogP contribution < -0.4 is 5.32 Å². The van der Waals surface area contributed by atoms with Gasteiger partial charge in [-0.1, -0.05) is 0 Å². The smallest absolute Gasteiger partial charge is 0.251 e. The highest BCUT2D eigenvalue weighted by Crippen LogP contribution is 2.19. The lowest BCUT2D eigenvalue weighted by Crippen LogP contribution is -2.38. The molecule has 0 aromatic carbocycles. The van der Waals surface area contributed by atoms with Crippen molar-refractivity contribution < 1.29 is 14.6 Å². The second kappa shape index (κ2) is 3.19. The number of aliphatic hydroxyl groups excluding tert-OH is 1. The fraction of sp³-hybridized carbons (Fsp3) is 0.714. The molecule has 0 aromatic heterocycles. The number of ether oxygens (including phenoxy) is 1. The standard InChI is InChI=1S/C7H11NO3/c1-4-3-5(9)6(11-4)7(10)8-2/h1,4-6,9H,3H2,2H3,(H,8,10)/t4-,5+,6-/m0/s1. The van der Waals surface area contributed by atoms with Gasteiger partial charge in [-0.05, 0) is 6.92 Å². The number of rotatable bonds is 1. The normalized spacial score (nSPS) is 37.2. The average molecular weight is 157 g/mol. The number of likely N-dealkylation sites (N-methyl/N-ethyl adjacent to an activating group) is 1. The van der Waals surface area contributed by atoms with Crippen molar-refractivity contribution in [3.63, 3.8) is 0 Å². The third-order valence-corrected chi connectivity index (χ3v) is 1.65. The van der Waals surface area contributed by atoms with Crippen LogP contribution in [0.1, 0.15) is 6.42 Å². The predicted molar refractivity (Wildman–Crippen MR) is 37.7 cm³/mol. The maximum absolute atomic E-state index is 10.9. The molecule has 1 amide bonds. The summed E-state index contributed by atoms with van der Waals surface area (Å²) in [5.41, 5.74) is 0. The molecule has 4 nitrogen and oxygen atoms in total. The third kappa shape index (κ3) is 1.70. The SMILES string of the molecule is [CH][C@H]1C[C@@H](O)[C@@H](C(=O)NC)O1. The maximum Gasteiger partial charge on any atom is 0.251 e. The lowest BCUT2D eigenvalue weighted by atomic mass is 10.1. The van der Waals surface area contributed by atoms with E-state index in [0.717, 1.165) is 0 Å². The first-order valence-electron chi connectivity index (χ1n) is 3.46. The lowest BCUT2D eigenvalue weighted by Gasteiger charge is -2.11. The van der Waals surface area contributed by atoms with E-state index in [-0.39, 0.29) is 5.91 Å². The topological polar surface area (TPSA) is 58.6 Å². The van der Waals surface area contributed by atoms with Gasteiger partial charge in [0.1, 0.15) is 0 Å². The summed E-state index contributed by atoms with van der Waals surface area (Å²) in [6.07, 6.45) is -1.77. The van der Waals surface area contributed by atoms with Crippen molar-refractivity contribution in [1.29, 1.82) is 0 Å². The molecule has 0 saturated carbocycles. The maximum atomic E-state index is 10.9. The van der Waals surface area contributed by atoms with Gasteiger partial charge in [0.15, 0.2) is 6.10 Å². The fourth-order valence-corrected chi connectivity index (χ4v) is 1.07. The minimum absolute atomic E-state index is 0.318. The zero-order valence-electron chi connectivity index (χ0n) is 6.28. The van der Waals surface area contributed by atoms with Gasteiger partial charge in [-0.15, -0.1) is 0 Å². The molecule has 0 spiro atoms. The molecule has 2 N–H and O–H groups in total. The molecule has 0 unspecified atom stereocenters. The first kappa shape index (κ1) is 8.49. The Balaban J connectivity index is 2.52. The van der Waals surface area contributed by atoms with Crippen LogP contribution in [0.4, 0.5) is 0 Å². The minimum atomic E-state index is -0.796. The quantitative estimate of drug-likeness (QED) is 0.511. The van der Waals surface area contributed by atoms with Gasteiger partial charge in [-0.25, -0.2) is 0 Å². The van der Waals surface area contributed by atoms with Crippen molar-refractivity contribution in [2.75, 3.05) is 7.05 Å². The molecule has 1 aliphatic heterocycles. The van der Waals surface area contributed by atoms with Crippen LogP contribution >= 0.6 is 0 Å². The van der Waals surface area contributed by atoms with Crippen LogP contribution in [0.15, 0.2) is 0 Å². The first-order chi connectivity index (χ1) is 5.15. The van der Waals surface area contributed by atoms with Crippen molar-refractivity contribution in [2.24, 2.45) is 0 Å².